The minimum Gasteiger partial charge on any atom is -0.478 e. The molecular formula is C13H15N5O2S. The number of pyridine rings is 1. The van der Waals surface area contributed by atoms with E-state index in [4.69, 9.17) is 10.8 Å². The van der Waals surface area contributed by atoms with Crippen LogP contribution in [0.25, 0.3) is 0 Å². The van der Waals surface area contributed by atoms with Crippen LogP contribution >= 0.6 is 11.3 Å². The van der Waals surface area contributed by atoms with Crippen LogP contribution in [0.3, 0.4) is 0 Å². The van der Waals surface area contributed by atoms with Crippen LogP contribution in [-0.2, 0) is 0 Å². The van der Waals surface area contributed by atoms with Crippen molar-refractivity contribution >= 4 is 33.9 Å². The van der Waals surface area contributed by atoms with Crippen LogP contribution in [0, 0.1) is 0 Å². The van der Waals surface area contributed by atoms with E-state index in [9.17, 15) is 4.79 Å². The number of nitrogens with zero attached hydrogens (tertiary/aromatic N) is 4. The van der Waals surface area contributed by atoms with Crippen molar-refractivity contribution in [2.75, 3.05) is 41.7 Å². The van der Waals surface area contributed by atoms with Gasteiger partial charge in [-0.2, -0.15) is 0 Å². The summed E-state index contributed by atoms with van der Waals surface area (Å²) in [6, 6.07) is 1.46. The summed E-state index contributed by atoms with van der Waals surface area (Å²) in [7, 11) is 0. The summed E-state index contributed by atoms with van der Waals surface area (Å²) in [5.41, 5.74) is 6.44. The molecule has 7 nitrogen and oxygen atoms in total. The van der Waals surface area contributed by atoms with Gasteiger partial charge in [-0.15, -0.1) is 11.3 Å². The number of carboxylic acids is 1. The first-order valence-corrected chi connectivity index (χ1v) is 7.41. The Hall–Kier alpha value is -2.35. The lowest BCUT2D eigenvalue weighted by Crippen LogP contribution is -2.47. The SMILES string of the molecule is Nc1cc(C(=O)O)cnc1N1CCN(c2nccs2)CC1. The number of thiazole rings is 1. The normalized spacial score (nSPS) is 15.2. The van der Waals surface area contributed by atoms with Gasteiger partial charge in [0.05, 0.1) is 11.3 Å². The Balaban J connectivity index is 1.71. The van der Waals surface area contributed by atoms with Crippen LogP contribution in [0.5, 0.6) is 0 Å². The van der Waals surface area contributed by atoms with Crippen molar-refractivity contribution in [3.8, 4) is 0 Å². The zero-order valence-electron chi connectivity index (χ0n) is 11.3. The van der Waals surface area contributed by atoms with Crippen molar-refractivity contribution in [2.45, 2.75) is 0 Å². The second-order valence-electron chi connectivity index (χ2n) is 4.73. The average Bonchev–Trinajstić information content (AvgIpc) is 3.01. The standard InChI is InChI=1S/C13H15N5O2S/c14-10-7-9(12(19)20)8-16-11(10)17-2-4-18(5-3-17)13-15-1-6-21-13/h1,6-8H,2-5,14H2,(H,19,20). The summed E-state index contributed by atoms with van der Waals surface area (Å²) < 4.78 is 0. The molecule has 0 amide bonds. The molecule has 0 atom stereocenters. The molecule has 0 aromatic carbocycles. The molecule has 0 spiro atoms. The molecule has 1 aliphatic heterocycles. The number of aromatic carboxylic acids is 1. The van der Waals surface area contributed by atoms with Crippen molar-refractivity contribution in [3.63, 3.8) is 0 Å². The number of carboxylic acid groups (broad SMARTS) is 1. The molecule has 1 fully saturated rings. The fourth-order valence-corrected chi connectivity index (χ4v) is 3.03. The number of nitrogens with two attached hydrogens (primary N) is 1. The van der Waals surface area contributed by atoms with Gasteiger partial charge < -0.3 is 20.6 Å². The van der Waals surface area contributed by atoms with Crippen LogP contribution in [0.2, 0.25) is 0 Å². The maximum absolute atomic E-state index is 10.9. The highest BCUT2D eigenvalue weighted by Gasteiger charge is 2.21. The molecule has 2 aromatic heterocycles. The van der Waals surface area contributed by atoms with Gasteiger partial charge in [-0.1, -0.05) is 0 Å². The lowest BCUT2D eigenvalue weighted by Gasteiger charge is -2.35. The maximum Gasteiger partial charge on any atom is 0.337 e. The van der Waals surface area contributed by atoms with Gasteiger partial charge in [0.2, 0.25) is 0 Å². The van der Waals surface area contributed by atoms with E-state index in [2.05, 4.69) is 19.8 Å². The van der Waals surface area contributed by atoms with Crippen molar-refractivity contribution in [3.05, 3.63) is 29.4 Å². The topological polar surface area (TPSA) is 95.6 Å². The third kappa shape index (κ3) is 2.75. The Morgan fingerprint density at radius 3 is 2.52 bits per heavy atom. The summed E-state index contributed by atoms with van der Waals surface area (Å²) in [5.74, 6) is -0.367. The summed E-state index contributed by atoms with van der Waals surface area (Å²) >= 11 is 1.63. The van der Waals surface area contributed by atoms with Gasteiger partial charge in [-0.25, -0.2) is 14.8 Å². The smallest absolute Gasteiger partial charge is 0.337 e. The van der Waals surface area contributed by atoms with E-state index in [1.807, 2.05) is 5.38 Å². The molecule has 3 heterocycles. The van der Waals surface area contributed by atoms with Crippen LogP contribution in [0.15, 0.2) is 23.8 Å². The average molecular weight is 305 g/mol. The van der Waals surface area contributed by atoms with Crippen molar-refractivity contribution in [1.29, 1.82) is 0 Å². The lowest BCUT2D eigenvalue weighted by molar-refractivity contribution is 0.0696. The van der Waals surface area contributed by atoms with Gasteiger partial charge in [-0.3, -0.25) is 0 Å². The third-order valence-corrected chi connectivity index (χ3v) is 4.24. The van der Waals surface area contributed by atoms with E-state index in [0.717, 1.165) is 31.3 Å². The van der Waals surface area contributed by atoms with E-state index >= 15 is 0 Å². The highest BCUT2D eigenvalue weighted by atomic mass is 32.1. The summed E-state index contributed by atoms with van der Waals surface area (Å²) in [4.78, 5) is 23.7. The second-order valence-corrected chi connectivity index (χ2v) is 5.60. The van der Waals surface area contributed by atoms with Gasteiger partial charge >= 0.3 is 5.97 Å². The highest BCUT2D eigenvalue weighted by molar-refractivity contribution is 7.13. The predicted molar refractivity (Wildman–Crippen MR) is 82.1 cm³/mol. The molecule has 0 unspecified atom stereocenters. The molecule has 3 N–H and O–H groups in total. The number of hydrogen-bond donors (Lipinski definition) is 2. The minimum absolute atomic E-state index is 0.109. The van der Waals surface area contributed by atoms with Gasteiger partial charge in [0.1, 0.15) is 0 Å². The molecule has 0 aliphatic carbocycles. The molecule has 3 rings (SSSR count). The van der Waals surface area contributed by atoms with Gasteiger partial charge in [0, 0.05) is 44.0 Å². The monoisotopic (exact) mass is 305 g/mol. The Bertz CT molecular complexity index is 638. The van der Waals surface area contributed by atoms with Gasteiger partial charge in [0.15, 0.2) is 10.9 Å². The number of rotatable bonds is 3. The Labute approximate surface area is 125 Å². The molecule has 0 saturated carbocycles. The minimum atomic E-state index is -1.02. The quantitative estimate of drug-likeness (QED) is 0.878. The van der Waals surface area contributed by atoms with Crippen molar-refractivity contribution < 1.29 is 9.90 Å². The first-order chi connectivity index (χ1) is 10.1. The van der Waals surface area contributed by atoms with E-state index in [0.29, 0.717) is 11.5 Å². The molecule has 0 radical (unpaired) electrons. The molecule has 1 aliphatic rings. The second kappa shape index (κ2) is 5.57. The van der Waals surface area contributed by atoms with Gasteiger partial charge in [-0.05, 0) is 6.07 Å². The molecule has 0 bridgehead atoms. The Morgan fingerprint density at radius 1 is 1.24 bits per heavy atom. The Kier molecular flexibility index (Phi) is 3.61. The van der Waals surface area contributed by atoms with Gasteiger partial charge in [0.25, 0.3) is 0 Å². The molecule has 21 heavy (non-hydrogen) atoms. The first-order valence-electron chi connectivity index (χ1n) is 6.53. The fraction of sp³-hybridized carbons (Fsp3) is 0.308. The summed E-state index contributed by atoms with van der Waals surface area (Å²) in [5, 5.41) is 11.9. The number of aromatic nitrogens is 2. The zero-order valence-corrected chi connectivity index (χ0v) is 12.1. The largest absolute Gasteiger partial charge is 0.478 e. The van der Waals surface area contributed by atoms with E-state index < -0.39 is 5.97 Å². The van der Waals surface area contributed by atoms with Crippen molar-refractivity contribution in [1.82, 2.24) is 9.97 Å². The number of piperazine rings is 1. The van der Waals surface area contributed by atoms with Crippen LogP contribution in [0.1, 0.15) is 10.4 Å². The molecule has 1 saturated heterocycles. The van der Waals surface area contributed by atoms with E-state index in [1.165, 1.54) is 12.3 Å². The van der Waals surface area contributed by atoms with E-state index in [1.54, 1.807) is 17.5 Å². The Morgan fingerprint density at radius 2 is 1.95 bits per heavy atom. The lowest BCUT2D eigenvalue weighted by atomic mass is 10.2. The number of nitrogen functional groups attached to an aromatic ring is 1. The summed E-state index contributed by atoms with van der Waals surface area (Å²) in [6.45, 7) is 3.25. The van der Waals surface area contributed by atoms with Crippen molar-refractivity contribution in [2.24, 2.45) is 0 Å². The maximum atomic E-state index is 10.9. The van der Waals surface area contributed by atoms with Crippen LogP contribution < -0.4 is 15.5 Å². The molecular weight excluding hydrogens is 290 g/mol. The number of hydrogen-bond acceptors (Lipinski definition) is 7. The van der Waals surface area contributed by atoms with Crippen LogP contribution in [-0.4, -0.2) is 47.2 Å². The number of anilines is 3. The predicted octanol–water partition coefficient (Wildman–Crippen LogP) is 1.15. The third-order valence-electron chi connectivity index (χ3n) is 3.41. The molecule has 2 aromatic rings. The highest BCUT2D eigenvalue weighted by Crippen LogP contribution is 2.25. The summed E-state index contributed by atoms with van der Waals surface area (Å²) in [6.07, 6.45) is 3.15. The zero-order chi connectivity index (χ0) is 14.8. The molecule has 8 heteroatoms. The molecule has 110 valence electrons. The number of carbonyl (C=O) groups is 1. The fourth-order valence-electron chi connectivity index (χ4n) is 2.34. The van der Waals surface area contributed by atoms with E-state index in [-0.39, 0.29) is 5.56 Å². The van der Waals surface area contributed by atoms with Crippen LogP contribution in [0.4, 0.5) is 16.6 Å². The first kappa shape index (κ1) is 13.6.